The van der Waals surface area contributed by atoms with Crippen LogP contribution in [0.2, 0.25) is 0 Å². The zero-order chi connectivity index (χ0) is 22.9. The number of benzene rings is 1. The molecule has 1 aliphatic heterocycles. The molecule has 8 nitrogen and oxygen atoms in total. The van der Waals surface area contributed by atoms with Gasteiger partial charge in [0.25, 0.3) is 10.1 Å². The number of rotatable bonds is 8. The third-order valence-electron chi connectivity index (χ3n) is 6.05. The molecule has 1 aromatic carbocycles. The van der Waals surface area contributed by atoms with Gasteiger partial charge in [0.2, 0.25) is 0 Å². The zero-order valence-electron chi connectivity index (χ0n) is 19.0. The topological polar surface area (TPSA) is 108 Å². The van der Waals surface area contributed by atoms with E-state index in [9.17, 15) is 8.42 Å². The Morgan fingerprint density at radius 2 is 1.97 bits per heavy atom. The van der Waals surface area contributed by atoms with Crippen LogP contribution < -0.4 is 10.6 Å². The third kappa shape index (κ3) is 4.89. The first-order valence-corrected chi connectivity index (χ1v) is 12.7. The van der Waals surface area contributed by atoms with Crippen molar-refractivity contribution in [3.05, 3.63) is 36.0 Å². The lowest BCUT2D eigenvalue weighted by atomic mass is 9.95. The van der Waals surface area contributed by atoms with Crippen molar-refractivity contribution in [3.8, 4) is 11.4 Å². The van der Waals surface area contributed by atoms with Crippen LogP contribution >= 0.6 is 0 Å². The van der Waals surface area contributed by atoms with Crippen LogP contribution in [-0.2, 0) is 24.6 Å². The average Bonchev–Trinajstić information content (AvgIpc) is 3.60. The third-order valence-corrected chi connectivity index (χ3v) is 7.93. The van der Waals surface area contributed by atoms with Crippen molar-refractivity contribution in [1.82, 2.24) is 9.97 Å². The van der Waals surface area contributed by atoms with Crippen LogP contribution in [0, 0.1) is 0 Å². The number of nitrogen functional groups attached to an aromatic ring is 1. The summed E-state index contributed by atoms with van der Waals surface area (Å²) in [6.45, 7) is 7.83. The molecule has 9 heteroatoms. The highest BCUT2D eigenvalue weighted by molar-refractivity contribution is 7.87. The quantitative estimate of drug-likeness (QED) is 0.471. The first-order chi connectivity index (χ1) is 15.2. The van der Waals surface area contributed by atoms with Crippen molar-refractivity contribution in [2.24, 2.45) is 0 Å². The van der Waals surface area contributed by atoms with Gasteiger partial charge < -0.3 is 15.4 Å². The number of hydrogen-bond donors (Lipinski definition) is 1. The van der Waals surface area contributed by atoms with Crippen LogP contribution in [-0.4, -0.2) is 49.4 Å². The lowest BCUT2D eigenvalue weighted by Crippen LogP contribution is -2.44. The van der Waals surface area contributed by atoms with E-state index in [1.165, 1.54) is 0 Å². The Hall–Kier alpha value is -2.23. The van der Waals surface area contributed by atoms with Gasteiger partial charge in [-0.3, -0.25) is 4.18 Å². The van der Waals surface area contributed by atoms with Gasteiger partial charge in [0.1, 0.15) is 11.4 Å². The fourth-order valence-corrected chi connectivity index (χ4v) is 5.58. The minimum atomic E-state index is -3.66. The number of hydrogen-bond acceptors (Lipinski definition) is 8. The van der Waals surface area contributed by atoms with Crippen molar-refractivity contribution in [1.29, 1.82) is 0 Å². The van der Waals surface area contributed by atoms with E-state index in [1.807, 2.05) is 44.2 Å². The Morgan fingerprint density at radius 1 is 1.25 bits per heavy atom. The normalized spacial score (nSPS) is 21.3. The van der Waals surface area contributed by atoms with E-state index < -0.39 is 21.0 Å². The lowest BCUT2D eigenvalue weighted by molar-refractivity contribution is 0.0790. The molecular formula is C23H32N4O4S. The van der Waals surface area contributed by atoms with Gasteiger partial charge in [-0.05, 0) is 57.4 Å². The summed E-state index contributed by atoms with van der Waals surface area (Å²) in [5.74, 6) is 1.26. The maximum absolute atomic E-state index is 12.8. The molecule has 32 heavy (non-hydrogen) atoms. The Bertz CT molecular complexity index is 1060. The number of aromatic nitrogens is 2. The number of nitrogens with zero attached hydrogens (tertiary/aromatic N) is 3. The van der Waals surface area contributed by atoms with Crippen LogP contribution in [0.15, 0.2) is 30.3 Å². The van der Waals surface area contributed by atoms with E-state index in [0.29, 0.717) is 56.2 Å². The second kappa shape index (κ2) is 8.96. The fraction of sp³-hybridized carbons (Fsp3) is 0.565. The predicted molar refractivity (Wildman–Crippen MR) is 125 cm³/mol. The highest BCUT2D eigenvalue weighted by Crippen LogP contribution is 2.39. The first kappa shape index (κ1) is 22.9. The van der Waals surface area contributed by atoms with Crippen LogP contribution in [0.4, 0.5) is 11.5 Å². The molecule has 1 unspecified atom stereocenters. The Balaban J connectivity index is 1.82. The maximum atomic E-state index is 12.8. The Kier molecular flexibility index (Phi) is 6.42. The second-order valence-electron chi connectivity index (χ2n) is 8.93. The average molecular weight is 461 g/mol. The van der Waals surface area contributed by atoms with E-state index in [2.05, 4.69) is 11.8 Å². The molecule has 2 N–H and O–H groups in total. The number of anilines is 2. The van der Waals surface area contributed by atoms with Gasteiger partial charge in [-0.25, -0.2) is 9.97 Å². The smallest absolute Gasteiger partial charge is 0.271 e. The molecular weight excluding hydrogens is 428 g/mol. The Labute approximate surface area is 190 Å². The lowest BCUT2D eigenvalue weighted by Gasteiger charge is -2.35. The molecule has 1 saturated carbocycles. The molecule has 0 amide bonds. The zero-order valence-corrected chi connectivity index (χ0v) is 19.8. The van der Waals surface area contributed by atoms with E-state index in [4.69, 9.17) is 24.6 Å². The minimum Gasteiger partial charge on any atom is -0.399 e. The van der Waals surface area contributed by atoms with Gasteiger partial charge in [0, 0.05) is 23.9 Å². The van der Waals surface area contributed by atoms with Gasteiger partial charge in [-0.15, -0.1) is 0 Å². The van der Waals surface area contributed by atoms with Crippen LogP contribution in [0.1, 0.15) is 52.1 Å². The fourth-order valence-electron chi connectivity index (χ4n) is 4.05. The van der Waals surface area contributed by atoms with Crippen molar-refractivity contribution in [2.45, 2.75) is 63.3 Å². The van der Waals surface area contributed by atoms with Gasteiger partial charge in [-0.2, -0.15) is 8.42 Å². The highest BCUT2D eigenvalue weighted by atomic mass is 32.2. The van der Waals surface area contributed by atoms with Crippen molar-refractivity contribution in [3.63, 3.8) is 0 Å². The van der Waals surface area contributed by atoms with E-state index >= 15 is 0 Å². The molecule has 2 atom stereocenters. The molecule has 2 aromatic rings. The van der Waals surface area contributed by atoms with Gasteiger partial charge >= 0.3 is 0 Å². The molecule has 2 fully saturated rings. The van der Waals surface area contributed by atoms with E-state index in [1.54, 1.807) is 0 Å². The number of nitrogens with two attached hydrogens (primary N) is 1. The molecule has 1 aromatic heterocycles. The molecule has 0 bridgehead atoms. The summed E-state index contributed by atoms with van der Waals surface area (Å²) in [6, 6.07) is 9.38. The molecule has 2 heterocycles. The molecule has 2 aliphatic rings. The van der Waals surface area contributed by atoms with Crippen LogP contribution in [0.5, 0.6) is 0 Å². The Morgan fingerprint density at radius 3 is 2.59 bits per heavy atom. The van der Waals surface area contributed by atoms with E-state index in [-0.39, 0.29) is 6.04 Å². The maximum Gasteiger partial charge on any atom is 0.271 e. The largest absolute Gasteiger partial charge is 0.399 e. The number of morpholine rings is 1. The summed E-state index contributed by atoms with van der Waals surface area (Å²) in [4.78, 5) is 11.8. The summed E-state index contributed by atoms with van der Waals surface area (Å²) in [5, 5.41) is -0.407. The monoisotopic (exact) mass is 460 g/mol. The molecule has 4 rings (SSSR count). The summed E-state index contributed by atoms with van der Waals surface area (Å²) >= 11 is 0. The van der Waals surface area contributed by atoms with Gasteiger partial charge in [-0.1, -0.05) is 13.3 Å². The molecule has 1 aliphatic carbocycles. The summed E-state index contributed by atoms with van der Waals surface area (Å²) < 4.78 is 37.0. The first-order valence-electron chi connectivity index (χ1n) is 11.3. The molecule has 174 valence electrons. The van der Waals surface area contributed by atoms with Gasteiger partial charge in [0.05, 0.1) is 30.2 Å². The summed E-state index contributed by atoms with van der Waals surface area (Å²) in [6.07, 6.45) is 2.58. The molecule has 1 saturated heterocycles. The summed E-state index contributed by atoms with van der Waals surface area (Å²) in [5.41, 5.74) is 6.82. The van der Waals surface area contributed by atoms with Crippen molar-refractivity contribution >= 4 is 21.6 Å². The molecule has 0 spiro atoms. The van der Waals surface area contributed by atoms with Gasteiger partial charge in [0.15, 0.2) is 5.82 Å². The standard InChI is InChI=1S/C23H32N4O4S/c1-4-11-23(3,31-32(28,29)19-9-10-19)20-14-21(27-12-13-30-15-16(27)2)26-22(25-20)17-5-7-18(24)8-6-17/h5-8,14,16,19H,4,9-13,15,24H2,1-3H3/t16-,23?/m0/s1. The predicted octanol–water partition coefficient (Wildman–Crippen LogP) is 3.48. The number of ether oxygens (including phenoxy) is 1. The second-order valence-corrected chi connectivity index (χ2v) is 10.7. The van der Waals surface area contributed by atoms with Crippen molar-refractivity contribution in [2.75, 3.05) is 30.4 Å². The van der Waals surface area contributed by atoms with Crippen LogP contribution in [0.3, 0.4) is 0 Å². The van der Waals surface area contributed by atoms with Crippen molar-refractivity contribution < 1.29 is 17.3 Å². The SMILES string of the molecule is CCCC(C)(OS(=O)(=O)C1CC1)c1cc(N2CCOC[C@@H]2C)nc(-c2ccc(N)cc2)n1. The summed E-state index contributed by atoms with van der Waals surface area (Å²) in [7, 11) is -3.66. The molecule has 0 radical (unpaired) electrons. The van der Waals surface area contributed by atoms with E-state index in [0.717, 1.165) is 17.8 Å². The highest BCUT2D eigenvalue weighted by Gasteiger charge is 2.43. The van der Waals surface area contributed by atoms with Crippen LogP contribution in [0.25, 0.3) is 11.4 Å². The minimum absolute atomic E-state index is 0.138.